The molecule has 1 aromatic rings. The van der Waals surface area contributed by atoms with Crippen LogP contribution in [0.4, 0.5) is 10.1 Å². The van der Waals surface area contributed by atoms with E-state index in [1.165, 1.54) is 18.2 Å². The molecule has 1 saturated heterocycles. The van der Waals surface area contributed by atoms with Crippen molar-refractivity contribution in [3.05, 3.63) is 24.0 Å². The zero-order valence-electron chi connectivity index (χ0n) is 12.8. The first kappa shape index (κ1) is 16.2. The fourth-order valence-corrected chi connectivity index (χ4v) is 3.27. The lowest BCUT2D eigenvalue weighted by Gasteiger charge is -2.35. The minimum atomic E-state index is -3.32. The highest BCUT2D eigenvalue weighted by molar-refractivity contribution is 7.90. The summed E-state index contributed by atoms with van der Waals surface area (Å²) in [6, 6.07) is 4.61. The van der Waals surface area contributed by atoms with E-state index < -0.39 is 15.7 Å². The Labute approximate surface area is 126 Å². The van der Waals surface area contributed by atoms with Gasteiger partial charge in [0.1, 0.15) is 5.82 Å². The molecule has 0 unspecified atom stereocenters. The van der Waals surface area contributed by atoms with Crippen LogP contribution in [0.3, 0.4) is 0 Å². The molecule has 1 N–H and O–H groups in total. The van der Waals surface area contributed by atoms with Crippen LogP contribution < -0.4 is 5.32 Å². The van der Waals surface area contributed by atoms with E-state index in [-0.39, 0.29) is 16.6 Å². The molecule has 0 radical (unpaired) electrons. The SMILES string of the molecule is CC(C)N1CCC(Nc2cc(S(C)(=O)=O)ccc2F)CC1. The van der Waals surface area contributed by atoms with E-state index >= 15 is 0 Å². The number of benzene rings is 1. The van der Waals surface area contributed by atoms with E-state index in [0.717, 1.165) is 32.2 Å². The van der Waals surface area contributed by atoms with Crippen LogP contribution >= 0.6 is 0 Å². The van der Waals surface area contributed by atoms with Gasteiger partial charge in [0.15, 0.2) is 9.84 Å². The number of sulfone groups is 1. The van der Waals surface area contributed by atoms with Crippen molar-refractivity contribution < 1.29 is 12.8 Å². The van der Waals surface area contributed by atoms with Gasteiger partial charge in [0.25, 0.3) is 0 Å². The molecular weight excluding hydrogens is 291 g/mol. The number of anilines is 1. The molecule has 0 aromatic heterocycles. The molecule has 1 aliphatic heterocycles. The second kappa shape index (κ2) is 6.32. The fraction of sp³-hybridized carbons (Fsp3) is 0.600. The van der Waals surface area contributed by atoms with Gasteiger partial charge in [-0.15, -0.1) is 0 Å². The number of hydrogen-bond acceptors (Lipinski definition) is 4. The summed E-state index contributed by atoms with van der Waals surface area (Å²) >= 11 is 0. The zero-order chi connectivity index (χ0) is 15.6. The molecular formula is C15H23FN2O2S. The van der Waals surface area contributed by atoms with Gasteiger partial charge in [0.05, 0.1) is 10.6 Å². The Hall–Kier alpha value is -1.14. The average Bonchev–Trinajstić information content (AvgIpc) is 2.40. The molecule has 1 heterocycles. The standard InChI is InChI=1S/C15H23FN2O2S/c1-11(2)18-8-6-12(7-9-18)17-15-10-13(21(3,19)20)4-5-14(15)16/h4-5,10-12,17H,6-9H2,1-3H3. The van der Waals surface area contributed by atoms with Gasteiger partial charge in [-0.1, -0.05) is 0 Å². The molecule has 0 spiro atoms. The van der Waals surface area contributed by atoms with Gasteiger partial charge in [0.2, 0.25) is 0 Å². The number of halogens is 1. The van der Waals surface area contributed by atoms with Crippen molar-refractivity contribution in [2.45, 2.75) is 43.7 Å². The number of hydrogen-bond donors (Lipinski definition) is 1. The smallest absolute Gasteiger partial charge is 0.175 e. The van der Waals surface area contributed by atoms with E-state index in [0.29, 0.717) is 6.04 Å². The topological polar surface area (TPSA) is 49.4 Å². The molecule has 1 fully saturated rings. The molecule has 0 amide bonds. The first-order valence-electron chi connectivity index (χ1n) is 7.27. The van der Waals surface area contributed by atoms with Gasteiger partial charge in [-0.25, -0.2) is 12.8 Å². The zero-order valence-corrected chi connectivity index (χ0v) is 13.6. The summed E-state index contributed by atoms with van der Waals surface area (Å²) in [5.41, 5.74) is 0.279. The normalized spacial score (nSPS) is 18.1. The molecule has 0 atom stereocenters. The number of likely N-dealkylation sites (tertiary alicyclic amines) is 1. The highest BCUT2D eigenvalue weighted by atomic mass is 32.2. The summed E-state index contributed by atoms with van der Waals surface area (Å²) in [6.07, 6.45) is 2.99. The predicted molar refractivity (Wildman–Crippen MR) is 82.9 cm³/mol. The molecule has 118 valence electrons. The third-order valence-corrected chi connectivity index (χ3v) is 5.10. The first-order chi connectivity index (χ1) is 9.77. The summed E-state index contributed by atoms with van der Waals surface area (Å²) in [6.45, 7) is 6.29. The van der Waals surface area contributed by atoms with Crippen LogP contribution in [0.1, 0.15) is 26.7 Å². The summed E-state index contributed by atoms with van der Waals surface area (Å²) in [5.74, 6) is -0.409. The lowest BCUT2D eigenvalue weighted by molar-refractivity contribution is 0.177. The lowest BCUT2D eigenvalue weighted by atomic mass is 10.0. The van der Waals surface area contributed by atoms with Gasteiger partial charge in [-0.2, -0.15) is 0 Å². The Balaban J connectivity index is 2.07. The predicted octanol–water partition coefficient (Wildman–Crippen LogP) is 2.51. The molecule has 1 aromatic carbocycles. The summed E-state index contributed by atoms with van der Waals surface area (Å²) < 4.78 is 36.9. The molecule has 0 saturated carbocycles. The van der Waals surface area contributed by atoms with Crippen molar-refractivity contribution >= 4 is 15.5 Å². The number of nitrogens with zero attached hydrogens (tertiary/aromatic N) is 1. The van der Waals surface area contributed by atoms with Crippen molar-refractivity contribution in [2.24, 2.45) is 0 Å². The van der Waals surface area contributed by atoms with Crippen molar-refractivity contribution in [3.63, 3.8) is 0 Å². The van der Waals surface area contributed by atoms with Gasteiger partial charge in [-0.05, 0) is 44.9 Å². The maximum Gasteiger partial charge on any atom is 0.175 e. The lowest BCUT2D eigenvalue weighted by Crippen LogP contribution is -2.42. The Morgan fingerprint density at radius 3 is 2.43 bits per heavy atom. The molecule has 0 bridgehead atoms. The van der Waals surface area contributed by atoms with Gasteiger partial charge in [-0.3, -0.25) is 0 Å². The van der Waals surface area contributed by atoms with Gasteiger partial charge < -0.3 is 10.2 Å². The molecule has 1 aliphatic rings. The molecule has 2 rings (SSSR count). The minimum absolute atomic E-state index is 0.144. The number of piperidine rings is 1. The van der Waals surface area contributed by atoms with Crippen LogP contribution in [0.25, 0.3) is 0 Å². The number of rotatable bonds is 4. The van der Waals surface area contributed by atoms with Crippen LogP contribution in [0.5, 0.6) is 0 Å². The highest BCUT2D eigenvalue weighted by Crippen LogP contribution is 2.23. The van der Waals surface area contributed by atoms with E-state index in [2.05, 4.69) is 24.1 Å². The monoisotopic (exact) mass is 314 g/mol. The third-order valence-electron chi connectivity index (χ3n) is 3.99. The largest absolute Gasteiger partial charge is 0.380 e. The van der Waals surface area contributed by atoms with Crippen LogP contribution in [-0.2, 0) is 9.84 Å². The summed E-state index contributed by atoms with van der Waals surface area (Å²) in [5, 5.41) is 3.15. The van der Waals surface area contributed by atoms with Crippen molar-refractivity contribution in [3.8, 4) is 0 Å². The molecule has 0 aliphatic carbocycles. The van der Waals surface area contributed by atoms with Crippen molar-refractivity contribution in [2.75, 3.05) is 24.7 Å². The van der Waals surface area contributed by atoms with Crippen LogP contribution in [-0.4, -0.2) is 44.7 Å². The Kier molecular flexibility index (Phi) is 4.88. The van der Waals surface area contributed by atoms with E-state index in [4.69, 9.17) is 0 Å². The second-order valence-corrected chi connectivity index (χ2v) is 7.98. The first-order valence-corrected chi connectivity index (χ1v) is 9.16. The average molecular weight is 314 g/mol. The van der Waals surface area contributed by atoms with Crippen molar-refractivity contribution in [1.82, 2.24) is 4.90 Å². The minimum Gasteiger partial charge on any atom is -0.380 e. The second-order valence-electron chi connectivity index (χ2n) is 5.96. The fourth-order valence-electron chi connectivity index (χ4n) is 2.63. The summed E-state index contributed by atoms with van der Waals surface area (Å²) in [4.78, 5) is 2.53. The molecule has 21 heavy (non-hydrogen) atoms. The Morgan fingerprint density at radius 2 is 1.90 bits per heavy atom. The molecule has 6 heteroatoms. The highest BCUT2D eigenvalue weighted by Gasteiger charge is 2.22. The van der Waals surface area contributed by atoms with Crippen LogP contribution in [0, 0.1) is 5.82 Å². The van der Waals surface area contributed by atoms with Crippen LogP contribution in [0.15, 0.2) is 23.1 Å². The Morgan fingerprint density at radius 1 is 1.29 bits per heavy atom. The quantitative estimate of drug-likeness (QED) is 0.868. The van der Waals surface area contributed by atoms with Gasteiger partial charge in [0, 0.05) is 31.4 Å². The Bertz CT molecular complexity index is 594. The third kappa shape index (κ3) is 4.17. The van der Waals surface area contributed by atoms with Crippen molar-refractivity contribution in [1.29, 1.82) is 0 Å². The van der Waals surface area contributed by atoms with E-state index in [1.807, 2.05) is 0 Å². The van der Waals surface area contributed by atoms with Gasteiger partial charge >= 0.3 is 0 Å². The van der Waals surface area contributed by atoms with Crippen LogP contribution in [0.2, 0.25) is 0 Å². The van der Waals surface area contributed by atoms with E-state index in [1.54, 1.807) is 0 Å². The summed E-state index contributed by atoms with van der Waals surface area (Å²) in [7, 11) is -3.32. The number of nitrogens with one attached hydrogen (secondary N) is 1. The van der Waals surface area contributed by atoms with E-state index in [9.17, 15) is 12.8 Å². The maximum absolute atomic E-state index is 13.8. The molecule has 4 nitrogen and oxygen atoms in total. The maximum atomic E-state index is 13.8.